The minimum absolute atomic E-state index is 0.0254. The molecule has 3 heterocycles. The molecule has 0 fully saturated rings. The number of fused-ring (bicyclic) bond motifs is 4. The van der Waals surface area contributed by atoms with Crippen LogP contribution < -0.4 is 42.6 Å². The molecule has 0 unspecified atom stereocenters. The molecule has 0 bridgehead atoms. The summed E-state index contributed by atoms with van der Waals surface area (Å²) in [4.78, 5) is 18.8. The van der Waals surface area contributed by atoms with Gasteiger partial charge in [-0.3, -0.25) is 9.80 Å². The fourth-order valence-electron chi connectivity index (χ4n) is 8.70. The van der Waals surface area contributed by atoms with E-state index in [1.807, 2.05) is 60.7 Å². The highest BCUT2D eigenvalue weighted by atomic mass is 16.2. The maximum absolute atomic E-state index is 15.4. The normalized spacial score (nSPS) is 16.7. The van der Waals surface area contributed by atoms with Gasteiger partial charge in [-0.25, -0.2) is 4.79 Å². The summed E-state index contributed by atoms with van der Waals surface area (Å²) in [5, 5.41) is 0.655. The second kappa shape index (κ2) is 9.50. The van der Waals surface area contributed by atoms with Gasteiger partial charge in [-0.05, 0) is 91.9 Å². The molecule has 3 aliphatic heterocycles. The van der Waals surface area contributed by atoms with E-state index in [4.69, 9.17) is 8.22 Å². The monoisotopic (exact) mass is 598 g/mol. The average molecular weight is 598 g/mol. The molecule has 6 aromatic carbocycles. The Kier molecular flexibility index (Phi) is 4.47. The molecule has 3 aliphatic rings. The lowest BCUT2D eigenvalue weighted by Crippen LogP contribution is -2.65. The van der Waals surface area contributed by atoms with Gasteiger partial charge >= 0.3 is 6.03 Å². The van der Waals surface area contributed by atoms with Crippen molar-refractivity contribution >= 4 is 85.8 Å². The number of amides is 2. The Labute approximate surface area is 280 Å². The molecule has 6 aromatic rings. The number of hydrogen-bond acceptors (Lipinski definition) is 1. The maximum Gasteiger partial charge on any atom is 0.338 e. The fourth-order valence-corrected chi connectivity index (χ4v) is 8.70. The van der Waals surface area contributed by atoms with Gasteiger partial charge in [-0.2, -0.15) is 0 Å². The summed E-state index contributed by atoms with van der Waals surface area (Å²) in [6, 6.07) is 30.9. The molecule has 0 N–H and O–H groups in total. The molecule has 0 radical (unpaired) electrons. The second-order valence-electron chi connectivity index (χ2n) is 13.0. The van der Waals surface area contributed by atoms with E-state index in [-0.39, 0.29) is 22.5 Å². The zero-order valence-corrected chi connectivity index (χ0v) is 26.2. The topological polar surface area (TPSA) is 23.6 Å². The van der Waals surface area contributed by atoms with Crippen LogP contribution in [0.15, 0.2) is 97.1 Å². The van der Waals surface area contributed by atoms with Crippen LogP contribution >= 0.6 is 0 Å². The van der Waals surface area contributed by atoms with Gasteiger partial charge in [0.25, 0.3) is 0 Å². The first-order valence-electron chi connectivity index (χ1n) is 18.8. The Morgan fingerprint density at radius 3 is 1.33 bits per heavy atom. The number of benzene rings is 6. The van der Waals surface area contributed by atoms with Crippen LogP contribution in [0.3, 0.4) is 0 Å². The van der Waals surface area contributed by atoms with Crippen molar-refractivity contribution in [3.63, 3.8) is 0 Å². The average Bonchev–Trinajstić information content (AvgIpc) is 3.08. The standard InChI is InChI=1S/C41H34B2N2O/c1-23-13-11-14-24(2)37(23)42-29-17-7-9-19-33(29)44-39-31(42)21-27(5)35-28(6)22-32-40(36(35)39)45(41(44)46)34-20-10-8-18-30(34)43(32)38-25(3)15-12-16-26(38)4/h7-22H,1-6H3/i5D3,6D3. The van der Waals surface area contributed by atoms with Crippen LogP contribution in [0.1, 0.15) is 41.6 Å². The zero-order chi connectivity index (χ0) is 36.6. The molecule has 0 saturated heterocycles. The molecule has 0 spiro atoms. The lowest BCUT2D eigenvalue weighted by atomic mass is 9.32. The molecule has 0 saturated carbocycles. The minimum Gasteiger partial charge on any atom is -0.263 e. The molecule has 0 aliphatic carbocycles. The largest absolute Gasteiger partial charge is 0.338 e. The molecular weight excluding hydrogens is 558 g/mol. The lowest BCUT2D eigenvalue weighted by molar-refractivity contribution is 0.255. The lowest BCUT2D eigenvalue weighted by Gasteiger charge is -2.47. The molecule has 3 nitrogen and oxygen atoms in total. The van der Waals surface area contributed by atoms with E-state index in [0.717, 1.165) is 44.1 Å². The molecule has 46 heavy (non-hydrogen) atoms. The number of rotatable bonds is 2. The minimum atomic E-state index is -2.67. The first-order chi connectivity index (χ1) is 24.7. The van der Waals surface area contributed by atoms with Crippen molar-refractivity contribution in [2.45, 2.75) is 41.4 Å². The number of para-hydroxylation sites is 2. The predicted molar refractivity (Wildman–Crippen MR) is 197 cm³/mol. The van der Waals surface area contributed by atoms with Gasteiger partial charge < -0.3 is 0 Å². The maximum atomic E-state index is 15.4. The Balaban J connectivity index is 1.56. The third-order valence-electron chi connectivity index (χ3n) is 10.5. The van der Waals surface area contributed by atoms with Crippen LogP contribution in [0.25, 0.3) is 10.8 Å². The number of carbonyl (C=O) groups is 1. The van der Waals surface area contributed by atoms with Gasteiger partial charge in [0.05, 0.1) is 11.4 Å². The predicted octanol–water partition coefficient (Wildman–Crippen LogP) is 5.76. The Hall–Kier alpha value is -5.02. The summed E-state index contributed by atoms with van der Waals surface area (Å²) in [5.74, 6) is 0. The van der Waals surface area contributed by atoms with E-state index in [2.05, 4.69) is 52.0 Å². The van der Waals surface area contributed by atoms with Crippen molar-refractivity contribution < 1.29 is 13.0 Å². The van der Waals surface area contributed by atoms with Gasteiger partial charge in [-0.15, -0.1) is 0 Å². The fraction of sp³-hybridized carbons (Fsp3) is 0.146. The summed E-state index contributed by atoms with van der Waals surface area (Å²) in [7, 11) is 0. The van der Waals surface area contributed by atoms with Crippen LogP contribution in [0, 0.1) is 41.4 Å². The molecule has 2 amide bonds. The summed E-state index contributed by atoms with van der Waals surface area (Å²) >= 11 is 0. The van der Waals surface area contributed by atoms with Gasteiger partial charge in [-0.1, -0.05) is 118 Å². The van der Waals surface area contributed by atoms with Gasteiger partial charge in [0.2, 0.25) is 13.4 Å². The number of aryl methyl sites for hydroxylation is 6. The number of carbonyl (C=O) groups excluding carboxylic acids is 1. The molecule has 220 valence electrons. The van der Waals surface area contributed by atoms with Gasteiger partial charge in [0.15, 0.2) is 0 Å². The van der Waals surface area contributed by atoms with Crippen molar-refractivity contribution in [3.05, 3.63) is 130 Å². The highest BCUT2D eigenvalue weighted by Crippen LogP contribution is 2.48. The Bertz CT molecular complexity index is 2350. The third kappa shape index (κ3) is 3.38. The molecule has 9 rings (SSSR count). The summed E-state index contributed by atoms with van der Waals surface area (Å²) < 4.78 is 53.5. The quantitative estimate of drug-likeness (QED) is 0.233. The van der Waals surface area contributed by atoms with E-state index in [1.165, 1.54) is 0 Å². The molecule has 5 heteroatoms. The Morgan fingerprint density at radius 1 is 0.500 bits per heavy atom. The number of urea groups is 1. The highest BCUT2D eigenvalue weighted by Gasteiger charge is 2.49. The number of nitrogens with zero attached hydrogens (tertiary/aromatic N) is 2. The van der Waals surface area contributed by atoms with Crippen LogP contribution in [0.2, 0.25) is 0 Å². The first-order valence-corrected chi connectivity index (χ1v) is 15.8. The van der Waals surface area contributed by atoms with Crippen molar-refractivity contribution in [2.24, 2.45) is 0 Å². The SMILES string of the molecule is [2H]C([2H])([2H])c1cc2c3c4c5c(cc(C([2H])([2H])[2H])c14)B(c1c(C)cccc1C)c1ccccc1N5C(=O)N3c1ccccc1B2c1c(C)cccc1C. The molecule has 0 aromatic heterocycles. The van der Waals surface area contributed by atoms with E-state index in [0.29, 0.717) is 39.1 Å². The smallest absolute Gasteiger partial charge is 0.263 e. The van der Waals surface area contributed by atoms with Crippen LogP contribution in [0.4, 0.5) is 27.5 Å². The summed E-state index contributed by atoms with van der Waals surface area (Å²) in [5.41, 5.74) is 11.8. The van der Waals surface area contributed by atoms with Crippen molar-refractivity contribution in [2.75, 3.05) is 9.80 Å². The van der Waals surface area contributed by atoms with Crippen LogP contribution in [-0.2, 0) is 0 Å². The first kappa shape index (κ1) is 21.7. The van der Waals surface area contributed by atoms with E-state index >= 15 is 4.79 Å². The van der Waals surface area contributed by atoms with Crippen molar-refractivity contribution in [3.8, 4) is 0 Å². The van der Waals surface area contributed by atoms with E-state index in [1.54, 1.807) is 21.9 Å². The third-order valence-corrected chi connectivity index (χ3v) is 10.5. The van der Waals surface area contributed by atoms with Gasteiger partial charge in [0.1, 0.15) is 0 Å². The number of hydrogen-bond donors (Lipinski definition) is 0. The van der Waals surface area contributed by atoms with Crippen molar-refractivity contribution in [1.82, 2.24) is 0 Å². The Morgan fingerprint density at radius 2 is 0.913 bits per heavy atom. The van der Waals surface area contributed by atoms with Gasteiger partial charge in [0, 0.05) is 25.0 Å². The zero-order valence-electron chi connectivity index (χ0n) is 32.2. The highest BCUT2D eigenvalue weighted by molar-refractivity contribution is 7.00. The summed E-state index contributed by atoms with van der Waals surface area (Å²) in [6.07, 6.45) is 0. The molecular formula is C41H34B2N2O. The van der Waals surface area contributed by atoms with Crippen LogP contribution in [0.5, 0.6) is 0 Å². The summed E-state index contributed by atoms with van der Waals surface area (Å²) in [6.45, 7) is 2.08. The van der Waals surface area contributed by atoms with Crippen molar-refractivity contribution in [1.29, 1.82) is 0 Å². The van der Waals surface area contributed by atoms with E-state index in [9.17, 15) is 0 Å². The van der Waals surface area contributed by atoms with Crippen LogP contribution in [-0.4, -0.2) is 19.5 Å². The molecule has 0 atom stereocenters. The van der Waals surface area contributed by atoms with E-state index < -0.39 is 27.1 Å². The second-order valence-corrected chi connectivity index (χ2v) is 13.0. The number of anilines is 4.